The van der Waals surface area contributed by atoms with Crippen molar-refractivity contribution in [3.05, 3.63) is 47.3 Å². The van der Waals surface area contributed by atoms with Gasteiger partial charge in [-0.25, -0.2) is 0 Å². The molecule has 4 atom stereocenters. The number of hydrogen-bond donors (Lipinski definition) is 4. The van der Waals surface area contributed by atoms with Crippen molar-refractivity contribution in [1.82, 2.24) is 25.3 Å². The molecule has 1 aromatic heterocycles. The van der Waals surface area contributed by atoms with E-state index in [4.69, 9.17) is 0 Å². The number of carbonyl (C=O) groups excluding carboxylic acids is 4. The first-order chi connectivity index (χ1) is 21.7. The Kier molecular flexibility index (Phi) is 9.48. The van der Waals surface area contributed by atoms with E-state index >= 15 is 0 Å². The summed E-state index contributed by atoms with van der Waals surface area (Å²) in [5, 5.41) is 21.2. The predicted octanol–water partition coefficient (Wildman–Crippen LogP) is 3.51. The van der Waals surface area contributed by atoms with Gasteiger partial charge in [0.2, 0.25) is 17.9 Å². The van der Waals surface area contributed by atoms with Crippen LogP contribution >= 0.6 is 0 Å². The zero-order chi connectivity index (χ0) is 33.5. The van der Waals surface area contributed by atoms with E-state index in [0.29, 0.717) is 41.6 Å². The number of amides is 4. The number of nitrogens with one attached hydrogen (secondary N) is 3. The summed E-state index contributed by atoms with van der Waals surface area (Å²) in [6, 6.07) is 2.40. The minimum Gasteiger partial charge on any atom is -0.384 e. The summed E-state index contributed by atoms with van der Waals surface area (Å²) in [5.74, 6) is -2.63. The van der Waals surface area contributed by atoms with E-state index in [0.717, 1.165) is 43.1 Å². The van der Waals surface area contributed by atoms with Gasteiger partial charge in [-0.05, 0) is 106 Å². The summed E-state index contributed by atoms with van der Waals surface area (Å²) < 4.78 is 42.8. The predicted molar refractivity (Wildman–Crippen MR) is 161 cm³/mol. The lowest BCUT2D eigenvalue weighted by Gasteiger charge is -2.31. The molecule has 1 heterocycles. The Morgan fingerprint density at radius 2 is 1.63 bits per heavy atom. The molecule has 0 spiro atoms. The van der Waals surface area contributed by atoms with E-state index in [9.17, 15) is 37.5 Å². The van der Waals surface area contributed by atoms with Crippen LogP contribution in [0, 0.1) is 17.8 Å². The lowest BCUT2D eigenvalue weighted by atomic mass is 9.88. The Balaban J connectivity index is 1.32. The molecule has 2 saturated carbocycles. The summed E-state index contributed by atoms with van der Waals surface area (Å²) in [7, 11) is 1.25. The summed E-state index contributed by atoms with van der Waals surface area (Å²) >= 11 is 0. The van der Waals surface area contributed by atoms with Crippen molar-refractivity contribution in [3.63, 3.8) is 0 Å². The Morgan fingerprint density at radius 1 is 0.978 bits per heavy atom. The molecule has 14 heteroatoms. The molecule has 0 aliphatic heterocycles. The van der Waals surface area contributed by atoms with Crippen molar-refractivity contribution < 1.29 is 37.5 Å². The maximum Gasteiger partial charge on any atom is 0.417 e. The van der Waals surface area contributed by atoms with Crippen molar-refractivity contribution in [2.45, 2.75) is 95.7 Å². The number of halogens is 3. The highest BCUT2D eigenvalue weighted by atomic mass is 19.4. The number of anilines is 1. The minimum atomic E-state index is -5.06. The Labute approximate surface area is 265 Å². The molecule has 0 radical (unpaired) electrons. The molecule has 4 N–H and O–H groups in total. The molecule has 2 aromatic rings. The van der Waals surface area contributed by atoms with Gasteiger partial charge in [-0.3, -0.25) is 23.9 Å². The summed E-state index contributed by atoms with van der Waals surface area (Å²) in [6.45, 7) is 4.85. The summed E-state index contributed by atoms with van der Waals surface area (Å²) in [5.41, 5.74) is 2.25. The number of hydrogen-bond acceptors (Lipinski definition) is 6. The number of rotatable bonds is 12. The normalized spacial score (nSPS) is 19.7. The highest BCUT2D eigenvalue weighted by Crippen LogP contribution is 2.51. The molecule has 2 fully saturated rings. The summed E-state index contributed by atoms with van der Waals surface area (Å²) in [4.78, 5) is 53.0. The lowest BCUT2D eigenvalue weighted by molar-refractivity contribution is -0.179. The van der Waals surface area contributed by atoms with Gasteiger partial charge in [-0.2, -0.15) is 18.3 Å². The first-order valence-corrected chi connectivity index (χ1v) is 15.8. The minimum absolute atomic E-state index is 0.00808. The van der Waals surface area contributed by atoms with Gasteiger partial charge in [0, 0.05) is 25.0 Å². The molecule has 250 valence electrons. The topological polar surface area (TPSA) is 146 Å². The Morgan fingerprint density at radius 3 is 2.20 bits per heavy atom. The lowest BCUT2D eigenvalue weighted by Crippen LogP contribution is -2.57. The third-order valence-corrected chi connectivity index (χ3v) is 9.19. The van der Waals surface area contributed by atoms with Crippen LogP contribution in [0.25, 0.3) is 0 Å². The molecule has 46 heavy (non-hydrogen) atoms. The largest absolute Gasteiger partial charge is 0.417 e. The molecule has 0 bridgehead atoms. The number of aromatic nitrogens is 2. The van der Waals surface area contributed by atoms with Crippen LogP contribution in [0.15, 0.2) is 30.5 Å². The Bertz CT molecular complexity index is 1470. The molecule has 4 amide bonds. The number of likely N-dealkylation sites (N-methyl/N-ethyl adjacent to an activating group) is 1. The molecular formula is C32H41F3N6O5. The fraction of sp³-hybridized carbons (Fsp3) is 0.594. The van der Waals surface area contributed by atoms with E-state index in [1.807, 2.05) is 13.8 Å². The van der Waals surface area contributed by atoms with Crippen LogP contribution in [0.1, 0.15) is 86.6 Å². The Hall–Kier alpha value is -3.94. The maximum atomic E-state index is 13.8. The van der Waals surface area contributed by atoms with Crippen molar-refractivity contribution in [2.75, 3.05) is 12.4 Å². The number of aryl methyl sites for hydroxylation is 1. The number of benzene rings is 1. The van der Waals surface area contributed by atoms with Crippen molar-refractivity contribution in [2.24, 2.45) is 17.8 Å². The van der Waals surface area contributed by atoms with E-state index in [-0.39, 0.29) is 23.8 Å². The van der Waals surface area contributed by atoms with Gasteiger partial charge in [-0.15, -0.1) is 0 Å². The monoisotopic (exact) mass is 646 g/mol. The van der Waals surface area contributed by atoms with Gasteiger partial charge in [0.25, 0.3) is 11.8 Å². The smallest absolute Gasteiger partial charge is 0.384 e. The molecule has 1 unspecified atom stereocenters. The van der Waals surface area contributed by atoms with E-state index in [1.165, 1.54) is 7.05 Å². The average molecular weight is 647 g/mol. The third-order valence-electron chi connectivity index (χ3n) is 9.19. The van der Waals surface area contributed by atoms with Crippen LogP contribution in [0.5, 0.6) is 0 Å². The second-order valence-corrected chi connectivity index (χ2v) is 13.0. The average Bonchev–Trinajstić information content (AvgIpc) is 3.91. The summed E-state index contributed by atoms with van der Waals surface area (Å²) in [6.07, 6.45) is -0.397. The molecule has 3 aliphatic carbocycles. The van der Waals surface area contributed by atoms with Crippen LogP contribution in [0.3, 0.4) is 0 Å². The van der Waals surface area contributed by atoms with Gasteiger partial charge in [0.1, 0.15) is 17.8 Å². The van der Waals surface area contributed by atoms with Gasteiger partial charge in [-0.1, -0.05) is 6.07 Å². The van der Waals surface area contributed by atoms with E-state index in [2.05, 4.69) is 15.7 Å². The van der Waals surface area contributed by atoms with Gasteiger partial charge in [0.15, 0.2) is 0 Å². The zero-order valence-electron chi connectivity index (χ0n) is 26.3. The molecule has 5 rings (SSSR count). The van der Waals surface area contributed by atoms with Gasteiger partial charge in [0.05, 0.1) is 6.04 Å². The second-order valence-electron chi connectivity index (χ2n) is 13.0. The highest BCUT2D eigenvalue weighted by Gasteiger charge is 2.50. The van der Waals surface area contributed by atoms with E-state index in [1.54, 1.807) is 40.5 Å². The molecular weight excluding hydrogens is 605 g/mol. The van der Waals surface area contributed by atoms with Crippen LogP contribution in [-0.4, -0.2) is 74.8 Å². The number of carbonyl (C=O) groups is 4. The maximum absolute atomic E-state index is 13.8. The van der Waals surface area contributed by atoms with E-state index < -0.39 is 42.2 Å². The van der Waals surface area contributed by atoms with Crippen LogP contribution in [0.4, 0.5) is 18.9 Å². The van der Waals surface area contributed by atoms with Crippen LogP contribution < -0.4 is 16.0 Å². The number of aliphatic hydroxyl groups excluding tert-OH is 1. The molecule has 11 nitrogen and oxygen atoms in total. The van der Waals surface area contributed by atoms with Gasteiger partial charge < -0.3 is 26.0 Å². The highest BCUT2D eigenvalue weighted by molar-refractivity contribution is 6.01. The van der Waals surface area contributed by atoms with Crippen molar-refractivity contribution in [1.29, 1.82) is 0 Å². The quantitative estimate of drug-likeness (QED) is 0.278. The first kappa shape index (κ1) is 33.4. The van der Waals surface area contributed by atoms with Crippen LogP contribution in [-0.2, 0) is 20.8 Å². The standard InChI is InChI=1S/C32H41F3N6O5/c1-16(2)41-24(13-14-36-41)29(44)38-26(25(18-5-6-18)19-7-8-19)30(45)37-21-10-11-22-20(15-21)9-12-23(22)40(4)31(46)27(32(33,34)35)39-28(43)17(3)42/h10-11,13-19,23,25-27,42H,5-9,12H2,1-4H3,(H,37,45)(H,38,44)(H,39,43)/t17-,23-,26+,27?/m1/s1. The number of alkyl halides is 3. The number of nitrogens with zero attached hydrogens (tertiary/aromatic N) is 3. The number of aliphatic hydroxyl groups is 1. The first-order valence-electron chi connectivity index (χ1n) is 15.8. The molecule has 1 aromatic carbocycles. The fourth-order valence-corrected chi connectivity index (χ4v) is 6.55. The zero-order valence-corrected chi connectivity index (χ0v) is 26.3. The fourth-order valence-electron chi connectivity index (χ4n) is 6.55. The van der Waals surface area contributed by atoms with Gasteiger partial charge >= 0.3 is 6.18 Å². The number of fused-ring (bicyclic) bond motifs is 1. The molecule has 0 saturated heterocycles. The van der Waals surface area contributed by atoms with Crippen molar-refractivity contribution >= 4 is 29.3 Å². The van der Waals surface area contributed by atoms with Crippen LogP contribution in [0.2, 0.25) is 0 Å². The molecule has 3 aliphatic rings. The second kappa shape index (κ2) is 13.0. The third kappa shape index (κ3) is 7.21. The SMILES string of the molecule is CC(C)n1nccc1C(=O)N[C@H](C(=O)Nc1ccc2c(c1)CC[C@H]2N(C)C(=O)C(NC(=O)[C@@H](C)O)C(F)(F)F)C(C1CC1)C1CC1. The van der Waals surface area contributed by atoms with Crippen molar-refractivity contribution in [3.8, 4) is 0 Å².